The van der Waals surface area contributed by atoms with Gasteiger partial charge in [-0.15, -0.1) is 0 Å². The summed E-state index contributed by atoms with van der Waals surface area (Å²) in [5.41, 5.74) is 1.93. The van der Waals surface area contributed by atoms with Gasteiger partial charge in [0, 0.05) is 11.6 Å². The van der Waals surface area contributed by atoms with Crippen molar-refractivity contribution in [1.29, 1.82) is 0 Å². The maximum atomic E-state index is 11.9. The molecule has 0 fully saturated rings. The Bertz CT molecular complexity index is 342. The Morgan fingerprint density at radius 1 is 1.24 bits per heavy atom. The van der Waals surface area contributed by atoms with Crippen LogP contribution in [0, 0.1) is 6.92 Å². The molecule has 0 aliphatic heterocycles. The molecule has 0 aliphatic carbocycles. The van der Waals surface area contributed by atoms with Crippen molar-refractivity contribution in [1.82, 2.24) is 5.32 Å². The zero-order valence-corrected chi connectivity index (χ0v) is 11.1. The van der Waals surface area contributed by atoms with Crippen LogP contribution in [0.2, 0.25) is 0 Å². The Morgan fingerprint density at radius 3 is 2.47 bits per heavy atom. The summed E-state index contributed by atoms with van der Waals surface area (Å²) in [4.78, 5) is 11.9. The van der Waals surface area contributed by atoms with Crippen molar-refractivity contribution in [2.75, 3.05) is 0 Å². The van der Waals surface area contributed by atoms with Gasteiger partial charge in [-0.1, -0.05) is 43.9 Å². The average molecular weight is 233 g/mol. The maximum absolute atomic E-state index is 11.9. The molecule has 2 heteroatoms. The van der Waals surface area contributed by atoms with Crippen molar-refractivity contribution < 1.29 is 4.79 Å². The molecule has 1 atom stereocenters. The molecule has 0 radical (unpaired) electrons. The summed E-state index contributed by atoms with van der Waals surface area (Å²) >= 11 is 0. The van der Waals surface area contributed by atoms with Crippen molar-refractivity contribution in [3.63, 3.8) is 0 Å². The summed E-state index contributed by atoms with van der Waals surface area (Å²) < 4.78 is 0. The van der Waals surface area contributed by atoms with Gasteiger partial charge in [0.25, 0.3) is 5.91 Å². The van der Waals surface area contributed by atoms with Crippen LogP contribution in [0.1, 0.15) is 55.5 Å². The van der Waals surface area contributed by atoms with E-state index < -0.39 is 0 Å². The van der Waals surface area contributed by atoms with Crippen molar-refractivity contribution in [2.45, 2.75) is 52.5 Å². The summed E-state index contributed by atoms with van der Waals surface area (Å²) in [5.74, 6) is 0.0361. The van der Waals surface area contributed by atoms with E-state index in [-0.39, 0.29) is 11.9 Å². The first-order valence-electron chi connectivity index (χ1n) is 6.51. The van der Waals surface area contributed by atoms with Gasteiger partial charge in [-0.3, -0.25) is 4.79 Å². The van der Waals surface area contributed by atoms with Crippen LogP contribution in [0.25, 0.3) is 0 Å². The number of carbonyl (C=O) groups excluding carboxylic acids is 1. The van der Waals surface area contributed by atoms with Gasteiger partial charge >= 0.3 is 0 Å². The van der Waals surface area contributed by atoms with Gasteiger partial charge in [0.1, 0.15) is 0 Å². The molecule has 0 aromatic heterocycles. The quantitative estimate of drug-likeness (QED) is 0.746. The zero-order valence-electron chi connectivity index (χ0n) is 11.1. The fourth-order valence-corrected chi connectivity index (χ4v) is 1.78. The summed E-state index contributed by atoms with van der Waals surface area (Å²) in [5, 5.41) is 3.04. The molecule has 2 nitrogen and oxygen atoms in total. The van der Waals surface area contributed by atoms with E-state index in [0.29, 0.717) is 0 Å². The molecule has 1 rings (SSSR count). The molecule has 0 aliphatic rings. The summed E-state index contributed by atoms with van der Waals surface area (Å²) in [7, 11) is 0. The fourth-order valence-electron chi connectivity index (χ4n) is 1.78. The van der Waals surface area contributed by atoms with E-state index in [1.54, 1.807) is 0 Å². The third-order valence-electron chi connectivity index (χ3n) is 2.93. The molecule has 1 aromatic rings. The number of amides is 1. The molecule has 94 valence electrons. The topological polar surface area (TPSA) is 29.1 Å². The van der Waals surface area contributed by atoms with E-state index in [1.165, 1.54) is 24.8 Å². The largest absolute Gasteiger partial charge is 0.350 e. The number of aryl methyl sites for hydroxylation is 1. The monoisotopic (exact) mass is 233 g/mol. The molecule has 0 saturated carbocycles. The highest BCUT2D eigenvalue weighted by Crippen LogP contribution is 2.06. The first-order valence-corrected chi connectivity index (χ1v) is 6.51. The molecular weight excluding hydrogens is 210 g/mol. The third-order valence-corrected chi connectivity index (χ3v) is 2.93. The lowest BCUT2D eigenvalue weighted by atomic mass is 10.1. The lowest BCUT2D eigenvalue weighted by Crippen LogP contribution is -2.32. The predicted molar refractivity (Wildman–Crippen MR) is 72.2 cm³/mol. The number of unbranched alkanes of at least 4 members (excludes halogenated alkanes) is 2. The van der Waals surface area contributed by atoms with Gasteiger partial charge in [-0.2, -0.15) is 0 Å². The van der Waals surface area contributed by atoms with Crippen molar-refractivity contribution >= 4 is 5.91 Å². The average Bonchev–Trinajstić information content (AvgIpc) is 2.30. The first kappa shape index (κ1) is 13.8. The SMILES string of the molecule is CCCCCC(C)NC(=O)c1ccc(C)cc1. The predicted octanol–water partition coefficient (Wildman–Crippen LogP) is 3.69. The molecule has 0 bridgehead atoms. The minimum atomic E-state index is 0.0361. The van der Waals surface area contributed by atoms with Crippen LogP contribution < -0.4 is 5.32 Å². The lowest BCUT2D eigenvalue weighted by Gasteiger charge is -2.13. The van der Waals surface area contributed by atoms with E-state index in [9.17, 15) is 4.79 Å². The minimum absolute atomic E-state index is 0.0361. The van der Waals surface area contributed by atoms with Gasteiger partial charge < -0.3 is 5.32 Å². The number of hydrogen-bond donors (Lipinski definition) is 1. The van der Waals surface area contributed by atoms with Gasteiger partial charge in [-0.25, -0.2) is 0 Å². The molecular formula is C15H23NO. The van der Waals surface area contributed by atoms with Crippen LogP contribution in [-0.4, -0.2) is 11.9 Å². The van der Waals surface area contributed by atoms with Crippen molar-refractivity contribution in [2.24, 2.45) is 0 Å². The lowest BCUT2D eigenvalue weighted by molar-refractivity contribution is 0.0938. The van der Waals surface area contributed by atoms with Crippen LogP contribution in [-0.2, 0) is 0 Å². The normalized spacial score (nSPS) is 12.2. The summed E-state index contributed by atoms with van der Waals surface area (Å²) in [6, 6.07) is 7.95. The summed E-state index contributed by atoms with van der Waals surface area (Å²) in [6.07, 6.45) is 4.71. The first-order chi connectivity index (χ1) is 8.13. The molecule has 0 spiro atoms. The van der Waals surface area contributed by atoms with E-state index in [4.69, 9.17) is 0 Å². The molecule has 17 heavy (non-hydrogen) atoms. The number of benzene rings is 1. The van der Waals surface area contributed by atoms with Gasteiger partial charge in [0.2, 0.25) is 0 Å². The Labute approximate surface area is 104 Å². The minimum Gasteiger partial charge on any atom is -0.350 e. The Morgan fingerprint density at radius 2 is 1.88 bits per heavy atom. The molecule has 1 unspecified atom stereocenters. The standard InChI is InChI=1S/C15H23NO/c1-4-5-6-7-13(3)16-15(17)14-10-8-12(2)9-11-14/h8-11,13H,4-7H2,1-3H3,(H,16,17). The molecule has 1 aromatic carbocycles. The smallest absolute Gasteiger partial charge is 0.251 e. The number of hydrogen-bond acceptors (Lipinski definition) is 1. The number of carbonyl (C=O) groups is 1. The second kappa shape index (κ2) is 7.10. The zero-order chi connectivity index (χ0) is 12.7. The second-order valence-corrected chi connectivity index (χ2v) is 4.74. The number of nitrogens with one attached hydrogen (secondary N) is 1. The second-order valence-electron chi connectivity index (χ2n) is 4.74. The third kappa shape index (κ3) is 5.03. The van der Waals surface area contributed by atoms with Crippen LogP contribution >= 0.6 is 0 Å². The molecule has 1 N–H and O–H groups in total. The maximum Gasteiger partial charge on any atom is 0.251 e. The molecule has 1 amide bonds. The van der Waals surface area contributed by atoms with E-state index in [2.05, 4.69) is 19.2 Å². The fraction of sp³-hybridized carbons (Fsp3) is 0.533. The highest BCUT2D eigenvalue weighted by Gasteiger charge is 2.08. The van der Waals surface area contributed by atoms with Crippen LogP contribution in [0.4, 0.5) is 0 Å². The number of rotatable bonds is 6. The van der Waals surface area contributed by atoms with Gasteiger partial charge in [0.15, 0.2) is 0 Å². The Hall–Kier alpha value is -1.31. The highest BCUT2D eigenvalue weighted by molar-refractivity contribution is 5.94. The van der Waals surface area contributed by atoms with Gasteiger partial charge in [-0.05, 0) is 32.4 Å². The van der Waals surface area contributed by atoms with E-state index in [1.807, 2.05) is 31.2 Å². The molecule has 0 heterocycles. The Balaban J connectivity index is 2.40. The van der Waals surface area contributed by atoms with Crippen molar-refractivity contribution in [3.05, 3.63) is 35.4 Å². The van der Waals surface area contributed by atoms with Gasteiger partial charge in [0.05, 0.1) is 0 Å². The van der Waals surface area contributed by atoms with E-state index >= 15 is 0 Å². The van der Waals surface area contributed by atoms with Crippen LogP contribution in [0.15, 0.2) is 24.3 Å². The van der Waals surface area contributed by atoms with Crippen molar-refractivity contribution in [3.8, 4) is 0 Å². The molecule has 0 saturated heterocycles. The van der Waals surface area contributed by atoms with Crippen LogP contribution in [0.3, 0.4) is 0 Å². The Kier molecular flexibility index (Phi) is 5.75. The summed E-state index contributed by atoms with van der Waals surface area (Å²) in [6.45, 7) is 6.28. The van der Waals surface area contributed by atoms with E-state index in [0.717, 1.165) is 12.0 Å². The highest BCUT2D eigenvalue weighted by atomic mass is 16.1. The van der Waals surface area contributed by atoms with Crippen LogP contribution in [0.5, 0.6) is 0 Å².